The van der Waals surface area contributed by atoms with Crippen LogP contribution in [0.2, 0.25) is 0 Å². The molecule has 0 radical (unpaired) electrons. The van der Waals surface area contributed by atoms with Gasteiger partial charge in [-0.3, -0.25) is 10.1 Å². The number of nitro benzene ring substituents is 1. The van der Waals surface area contributed by atoms with Gasteiger partial charge in [0.2, 0.25) is 15.9 Å². The molecule has 0 saturated heterocycles. The van der Waals surface area contributed by atoms with Crippen LogP contribution in [0.3, 0.4) is 0 Å². The van der Waals surface area contributed by atoms with E-state index in [0.29, 0.717) is 12.4 Å². The van der Waals surface area contributed by atoms with Gasteiger partial charge in [0.1, 0.15) is 5.69 Å². The zero-order chi connectivity index (χ0) is 20.7. The van der Waals surface area contributed by atoms with Crippen molar-refractivity contribution in [2.45, 2.75) is 11.4 Å². The van der Waals surface area contributed by atoms with Crippen molar-refractivity contribution in [3.05, 3.63) is 52.2 Å². The summed E-state index contributed by atoms with van der Waals surface area (Å²) in [4.78, 5) is 16.5. The third-order valence-electron chi connectivity index (χ3n) is 3.82. The summed E-state index contributed by atoms with van der Waals surface area (Å²) in [6.07, 6.45) is 1.57. The molecule has 0 bridgehead atoms. The lowest BCUT2D eigenvalue weighted by Crippen LogP contribution is -2.31. The molecule has 0 atom stereocenters. The largest absolute Gasteiger partial charge is 0.481 e. The van der Waals surface area contributed by atoms with Gasteiger partial charge < -0.3 is 15.0 Å². The number of hydrogen-bond acceptors (Lipinski definition) is 8. The van der Waals surface area contributed by atoms with E-state index in [9.17, 15) is 18.5 Å². The van der Waals surface area contributed by atoms with Crippen molar-refractivity contribution in [2.24, 2.45) is 0 Å². The number of sulfonamides is 1. The van der Waals surface area contributed by atoms with Gasteiger partial charge >= 0.3 is 0 Å². The highest BCUT2D eigenvalue weighted by molar-refractivity contribution is 7.89. The molecule has 1 heterocycles. The number of methoxy groups -OCH3 is 1. The second kappa shape index (κ2) is 9.44. The normalized spacial score (nSPS) is 11.4. The minimum Gasteiger partial charge on any atom is -0.481 e. The van der Waals surface area contributed by atoms with E-state index < -0.39 is 14.9 Å². The maximum Gasteiger partial charge on any atom is 0.293 e. The van der Waals surface area contributed by atoms with E-state index in [0.717, 1.165) is 11.6 Å². The van der Waals surface area contributed by atoms with E-state index in [1.54, 1.807) is 18.3 Å². The number of pyridine rings is 1. The van der Waals surface area contributed by atoms with Gasteiger partial charge in [0, 0.05) is 38.0 Å². The van der Waals surface area contributed by atoms with E-state index in [1.165, 1.54) is 19.2 Å². The minimum atomic E-state index is -3.84. The van der Waals surface area contributed by atoms with E-state index in [4.69, 9.17) is 4.74 Å². The van der Waals surface area contributed by atoms with E-state index in [2.05, 4.69) is 15.0 Å². The summed E-state index contributed by atoms with van der Waals surface area (Å²) >= 11 is 0. The van der Waals surface area contributed by atoms with Gasteiger partial charge in [0.25, 0.3) is 5.69 Å². The molecule has 2 N–H and O–H groups in total. The fourth-order valence-corrected chi connectivity index (χ4v) is 3.38. The second-order valence-corrected chi connectivity index (χ2v) is 7.96. The fourth-order valence-electron chi connectivity index (χ4n) is 2.34. The molecule has 11 heteroatoms. The second-order valence-electron chi connectivity index (χ2n) is 6.20. The first-order valence-corrected chi connectivity index (χ1v) is 9.87. The van der Waals surface area contributed by atoms with Crippen LogP contribution in [-0.2, 0) is 16.6 Å². The van der Waals surface area contributed by atoms with Crippen LogP contribution in [0.1, 0.15) is 5.56 Å². The van der Waals surface area contributed by atoms with Crippen molar-refractivity contribution < 1.29 is 18.1 Å². The van der Waals surface area contributed by atoms with Crippen molar-refractivity contribution in [3.8, 4) is 5.88 Å². The molecular formula is C17H23N5O5S. The summed E-state index contributed by atoms with van der Waals surface area (Å²) in [6.45, 7) is 0.996. The fraction of sp³-hybridized carbons (Fsp3) is 0.353. The van der Waals surface area contributed by atoms with Crippen molar-refractivity contribution in [3.63, 3.8) is 0 Å². The lowest BCUT2D eigenvalue weighted by atomic mass is 10.2. The van der Waals surface area contributed by atoms with Crippen molar-refractivity contribution in [1.29, 1.82) is 0 Å². The van der Waals surface area contributed by atoms with E-state index in [1.807, 2.05) is 19.0 Å². The number of hydrogen-bond donors (Lipinski definition) is 2. The predicted molar refractivity (Wildman–Crippen MR) is 105 cm³/mol. The van der Waals surface area contributed by atoms with Gasteiger partial charge in [-0.05, 0) is 37.9 Å². The maximum absolute atomic E-state index is 12.4. The first-order valence-electron chi connectivity index (χ1n) is 8.38. The molecule has 28 heavy (non-hydrogen) atoms. The number of nitrogens with one attached hydrogen (secondary N) is 2. The van der Waals surface area contributed by atoms with Crippen LogP contribution >= 0.6 is 0 Å². The molecule has 0 unspecified atom stereocenters. The van der Waals surface area contributed by atoms with Crippen LogP contribution in [0.15, 0.2) is 41.4 Å². The van der Waals surface area contributed by atoms with E-state index >= 15 is 0 Å². The number of rotatable bonds is 10. The summed E-state index contributed by atoms with van der Waals surface area (Å²) in [5.41, 5.74) is 0.702. The average Bonchev–Trinajstić information content (AvgIpc) is 2.65. The summed E-state index contributed by atoms with van der Waals surface area (Å²) in [7, 11) is 1.29. The van der Waals surface area contributed by atoms with Gasteiger partial charge in [0.15, 0.2) is 0 Å². The molecule has 0 aliphatic rings. The molecule has 2 rings (SSSR count). The zero-order valence-electron chi connectivity index (χ0n) is 15.9. The highest BCUT2D eigenvalue weighted by Crippen LogP contribution is 2.28. The maximum atomic E-state index is 12.4. The Morgan fingerprint density at radius 3 is 2.64 bits per heavy atom. The number of likely N-dealkylation sites (N-methyl/N-ethyl adjacent to an activating group) is 1. The van der Waals surface area contributed by atoms with Crippen LogP contribution < -0.4 is 14.8 Å². The third-order valence-corrected chi connectivity index (χ3v) is 5.28. The lowest BCUT2D eigenvalue weighted by molar-refractivity contribution is -0.384. The SMILES string of the molecule is COc1cc(CNc2ccc(S(=O)(=O)NCCN(C)C)cc2[N+](=O)[O-])ccn1. The zero-order valence-corrected chi connectivity index (χ0v) is 16.7. The molecule has 0 amide bonds. The molecule has 0 saturated carbocycles. The molecule has 152 valence electrons. The Labute approximate surface area is 163 Å². The monoisotopic (exact) mass is 409 g/mol. The van der Waals surface area contributed by atoms with Crippen LogP contribution in [0, 0.1) is 10.1 Å². The molecule has 0 spiro atoms. The number of aromatic nitrogens is 1. The van der Waals surface area contributed by atoms with Gasteiger partial charge in [-0.2, -0.15) is 0 Å². The van der Waals surface area contributed by atoms with Crippen LogP contribution in [0.5, 0.6) is 5.88 Å². The van der Waals surface area contributed by atoms with Gasteiger partial charge in [0.05, 0.1) is 16.9 Å². The Hall–Kier alpha value is -2.76. The van der Waals surface area contributed by atoms with Gasteiger partial charge in [-0.1, -0.05) is 0 Å². The molecular weight excluding hydrogens is 386 g/mol. The first kappa shape index (κ1) is 21.5. The lowest BCUT2D eigenvalue weighted by Gasteiger charge is -2.12. The Morgan fingerprint density at radius 1 is 1.25 bits per heavy atom. The number of nitro groups is 1. The van der Waals surface area contributed by atoms with Crippen LogP contribution in [0.25, 0.3) is 0 Å². The number of ether oxygens (including phenoxy) is 1. The molecule has 0 aliphatic carbocycles. The molecule has 1 aromatic heterocycles. The topological polar surface area (TPSA) is 127 Å². The van der Waals surface area contributed by atoms with Crippen molar-refractivity contribution in [2.75, 3.05) is 39.6 Å². The molecule has 1 aromatic carbocycles. The van der Waals surface area contributed by atoms with E-state index in [-0.39, 0.29) is 29.4 Å². The highest BCUT2D eigenvalue weighted by atomic mass is 32.2. The summed E-state index contributed by atoms with van der Waals surface area (Å²) in [6, 6.07) is 7.21. The van der Waals surface area contributed by atoms with Crippen LogP contribution in [0.4, 0.5) is 11.4 Å². The Morgan fingerprint density at radius 2 is 2.00 bits per heavy atom. The molecule has 0 aliphatic heterocycles. The quantitative estimate of drug-likeness (QED) is 0.446. The highest BCUT2D eigenvalue weighted by Gasteiger charge is 2.21. The number of benzene rings is 1. The smallest absolute Gasteiger partial charge is 0.293 e. The molecule has 0 fully saturated rings. The number of anilines is 1. The Kier molecular flexibility index (Phi) is 7.26. The predicted octanol–water partition coefficient (Wildman–Crippen LogP) is 1.45. The summed E-state index contributed by atoms with van der Waals surface area (Å²) in [5, 5.41) is 14.4. The summed E-state index contributed by atoms with van der Waals surface area (Å²) in [5.74, 6) is 0.430. The molecule has 2 aromatic rings. The Balaban J connectivity index is 2.19. The van der Waals surface area contributed by atoms with Crippen molar-refractivity contribution >= 4 is 21.4 Å². The minimum absolute atomic E-state index is 0.158. The summed E-state index contributed by atoms with van der Waals surface area (Å²) < 4.78 is 32.2. The van der Waals surface area contributed by atoms with Crippen LogP contribution in [-0.4, -0.2) is 57.5 Å². The van der Waals surface area contributed by atoms with Gasteiger partial charge in [-0.15, -0.1) is 0 Å². The van der Waals surface area contributed by atoms with Gasteiger partial charge in [-0.25, -0.2) is 18.1 Å². The standard InChI is InChI=1S/C17H23N5O5S/c1-21(2)9-8-20-28(25,26)14-4-5-15(16(11-14)22(23)24)19-12-13-6-7-18-17(10-13)27-3/h4-7,10-11,19-20H,8-9,12H2,1-3H3. The Bertz CT molecular complexity index is 933. The number of nitrogens with zero attached hydrogens (tertiary/aromatic N) is 3. The first-order chi connectivity index (χ1) is 13.2. The molecule has 10 nitrogen and oxygen atoms in total. The average molecular weight is 409 g/mol. The third kappa shape index (κ3) is 5.87. The van der Waals surface area contributed by atoms with Crippen molar-refractivity contribution in [1.82, 2.24) is 14.6 Å².